The Morgan fingerprint density at radius 3 is 2.46 bits per heavy atom. The summed E-state index contributed by atoms with van der Waals surface area (Å²) in [7, 11) is -2.50. The standard InChI is InChI=1S/C17H18BrClN2O4S/c1-10(2)20-17(22)13-9-12(5-7-16(13)25-3)26(23,24)21-11-4-6-14(18)15(19)8-11/h4-10,21H,1-3H3,(H,20,22). The van der Waals surface area contributed by atoms with E-state index in [1.165, 1.54) is 31.4 Å². The molecule has 9 heteroatoms. The number of hydrogen-bond donors (Lipinski definition) is 2. The van der Waals surface area contributed by atoms with Crippen LogP contribution in [-0.4, -0.2) is 27.5 Å². The van der Waals surface area contributed by atoms with Crippen molar-refractivity contribution in [2.45, 2.75) is 24.8 Å². The lowest BCUT2D eigenvalue weighted by molar-refractivity contribution is 0.0940. The second-order valence-electron chi connectivity index (χ2n) is 5.72. The van der Waals surface area contributed by atoms with Gasteiger partial charge in [0.1, 0.15) is 5.75 Å². The van der Waals surface area contributed by atoms with E-state index in [4.69, 9.17) is 16.3 Å². The highest BCUT2D eigenvalue weighted by atomic mass is 79.9. The van der Waals surface area contributed by atoms with Gasteiger partial charge in [-0.05, 0) is 66.2 Å². The molecule has 0 heterocycles. The fourth-order valence-corrected chi connectivity index (χ4v) is 3.65. The van der Waals surface area contributed by atoms with Crippen LogP contribution in [0.3, 0.4) is 0 Å². The van der Waals surface area contributed by atoms with E-state index in [0.29, 0.717) is 15.2 Å². The molecule has 2 aromatic carbocycles. The first kappa shape index (κ1) is 20.5. The smallest absolute Gasteiger partial charge is 0.261 e. The zero-order valence-corrected chi connectivity index (χ0v) is 17.5. The summed E-state index contributed by atoms with van der Waals surface area (Å²) in [5, 5.41) is 3.09. The van der Waals surface area contributed by atoms with Crippen LogP contribution in [0.2, 0.25) is 5.02 Å². The van der Waals surface area contributed by atoms with Gasteiger partial charge in [-0.15, -0.1) is 0 Å². The van der Waals surface area contributed by atoms with Crippen LogP contribution in [0.25, 0.3) is 0 Å². The topological polar surface area (TPSA) is 84.5 Å². The molecule has 0 unspecified atom stereocenters. The maximum atomic E-state index is 12.7. The van der Waals surface area contributed by atoms with Crippen molar-refractivity contribution in [2.24, 2.45) is 0 Å². The Kier molecular flexibility index (Phi) is 6.54. The molecule has 0 bridgehead atoms. The summed E-state index contributed by atoms with van der Waals surface area (Å²) in [6.45, 7) is 3.62. The minimum Gasteiger partial charge on any atom is -0.496 e. The van der Waals surface area contributed by atoms with E-state index in [9.17, 15) is 13.2 Å². The average Bonchev–Trinajstić information content (AvgIpc) is 2.56. The zero-order valence-electron chi connectivity index (χ0n) is 14.3. The predicted molar refractivity (Wildman–Crippen MR) is 106 cm³/mol. The number of rotatable bonds is 6. The predicted octanol–water partition coefficient (Wildman–Crippen LogP) is 4.05. The van der Waals surface area contributed by atoms with Crippen LogP contribution in [0, 0.1) is 0 Å². The van der Waals surface area contributed by atoms with E-state index in [2.05, 4.69) is 26.0 Å². The fourth-order valence-electron chi connectivity index (χ4n) is 2.15. The van der Waals surface area contributed by atoms with Gasteiger partial charge >= 0.3 is 0 Å². The van der Waals surface area contributed by atoms with Gasteiger partial charge in [-0.1, -0.05) is 11.6 Å². The van der Waals surface area contributed by atoms with Crippen molar-refractivity contribution < 1.29 is 17.9 Å². The molecule has 0 saturated carbocycles. The normalized spacial score (nSPS) is 11.3. The summed E-state index contributed by atoms with van der Waals surface area (Å²) in [6.07, 6.45) is 0. The Morgan fingerprint density at radius 2 is 1.88 bits per heavy atom. The number of methoxy groups -OCH3 is 1. The number of ether oxygens (including phenoxy) is 1. The van der Waals surface area contributed by atoms with E-state index >= 15 is 0 Å². The zero-order chi connectivity index (χ0) is 19.5. The molecule has 2 aromatic rings. The minimum absolute atomic E-state index is 0.0637. The fraction of sp³-hybridized carbons (Fsp3) is 0.235. The number of sulfonamides is 1. The van der Waals surface area contributed by atoms with Crippen molar-refractivity contribution in [3.63, 3.8) is 0 Å². The van der Waals surface area contributed by atoms with E-state index < -0.39 is 15.9 Å². The van der Waals surface area contributed by atoms with Crippen LogP contribution in [0.1, 0.15) is 24.2 Å². The minimum atomic E-state index is -3.91. The summed E-state index contributed by atoms with van der Waals surface area (Å²) in [4.78, 5) is 12.3. The van der Waals surface area contributed by atoms with Crippen molar-refractivity contribution in [3.05, 3.63) is 51.5 Å². The monoisotopic (exact) mass is 460 g/mol. The van der Waals surface area contributed by atoms with E-state index in [-0.39, 0.29) is 22.3 Å². The van der Waals surface area contributed by atoms with Crippen molar-refractivity contribution in [1.29, 1.82) is 0 Å². The first-order valence-electron chi connectivity index (χ1n) is 7.61. The molecular weight excluding hydrogens is 444 g/mol. The van der Waals surface area contributed by atoms with Crippen molar-refractivity contribution >= 4 is 49.1 Å². The van der Waals surface area contributed by atoms with Gasteiger partial charge in [0.25, 0.3) is 15.9 Å². The summed E-state index contributed by atoms with van der Waals surface area (Å²) < 4.78 is 33.6. The van der Waals surface area contributed by atoms with Crippen LogP contribution in [-0.2, 0) is 10.0 Å². The van der Waals surface area contributed by atoms with Crippen LogP contribution in [0.5, 0.6) is 5.75 Å². The highest BCUT2D eigenvalue weighted by molar-refractivity contribution is 9.10. The third-order valence-electron chi connectivity index (χ3n) is 3.32. The van der Waals surface area contributed by atoms with Crippen molar-refractivity contribution in [1.82, 2.24) is 5.32 Å². The maximum absolute atomic E-state index is 12.7. The molecule has 26 heavy (non-hydrogen) atoms. The average molecular weight is 462 g/mol. The molecule has 0 aliphatic carbocycles. The molecule has 0 aromatic heterocycles. The first-order chi connectivity index (χ1) is 12.1. The lowest BCUT2D eigenvalue weighted by atomic mass is 10.2. The quantitative estimate of drug-likeness (QED) is 0.680. The molecule has 0 radical (unpaired) electrons. The third-order valence-corrected chi connectivity index (χ3v) is 5.93. The number of carbonyl (C=O) groups excluding carboxylic acids is 1. The first-order valence-corrected chi connectivity index (χ1v) is 10.3. The van der Waals surface area contributed by atoms with Crippen LogP contribution < -0.4 is 14.8 Å². The Hall–Kier alpha value is -1.77. The maximum Gasteiger partial charge on any atom is 0.261 e. The van der Waals surface area contributed by atoms with Gasteiger partial charge in [0.05, 0.1) is 28.3 Å². The van der Waals surface area contributed by atoms with E-state index in [1.54, 1.807) is 12.1 Å². The molecule has 2 N–H and O–H groups in total. The highest BCUT2D eigenvalue weighted by Gasteiger charge is 2.20. The number of hydrogen-bond acceptors (Lipinski definition) is 4. The van der Waals surface area contributed by atoms with Gasteiger partial charge in [0.15, 0.2) is 0 Å². The van der Waals surface area contributed by atoms with Crippen molar-refractivity contribution in [3.8, 4) is 5.75 Å². The molecular formula is C17H18BrClN2O4S. The van der Waals surface area contributed by atoms with Gasteiger partial charge in [-0.3, -0.25) is 9.52 Å². The lowest BCUT2D eigenvalue weighted by Crippen LogP contribution is -2.30. The van der Waals surface area contributed by atoms with Gasteiger partial charge < -0.3 is 10.1 Å². The summed E-state index contributed by atoms with van der Waals surface area (Å²) in [5.74, 6) is -0.130. The van der Waals surface area contributed by atoms with Gasteiger partial charge in [0, 0.05) is 10.5 Å². The Balaban J connectivity index is 2.39. The Morgan fingerprint density at radius 1 is 1.19 bits per heavy atom. The third kappa shape index (κ3) is 4.90. The molecule has 0 spiro atoms. The Bertz CT molecular complexity index is 932. The lowest BCUT2D eigenvalue weighted by Gasteiger charge is -2.14. The molecule has 140 valence electrons. The molecule has 0 fully saturated rings. The molecule has 0 saturated heterocycles. The largest absolute Gasteiger partial charge is 0.496 e. The van der Waals surface area contributed by atoms with Gasteiger partial charge in [-0.2, -0.15) is 0 Å². The van der Waals surface area contributed by atoms with Crippen molar-refractivity contribution in [2.75, 3.05) is 11.8 Å². The molecule has 0 aliphatic rings. The highest BCUT2D eigenvalue weighted by Crippen LogP contribution is 2.28. The molecule has 6 nitrogen and oxygen atoms in total. The summed E-state index contributed by atoms with van der Waals surface area (Å²) >= 11 is 9.24. The molecule has 0 aliphatic heterocycles. The van der Waals surface area contributed by atoms with Gasteiger partial charge in [-0.25, -0.2) is 8.42 Å². The van der Waals surface area contributed by atoms with Crippen LogP contribution >= 0.6 is 27.5 Å². The number of anilines is 1. The Labute approximate surface area is 166 Å². The SMILES string of the molecule is COc1ccc(S(=O)(=O)Nc2ccc(Br)c(Cl)c2)cc1C(=O)NC(C)C. The van der Waals surface area contributed by atoms with Crippen LogP contribution in [0.15, 0.2) is 45.8 Å². The molecule has 1 amide bonds. The molecule has 0 atom stereocenters. The van der Waals surface area contributed by atoms with E-state index in [0.717, 1.165) is 0 Å². The molecule has 2 rings (SSSR count). The number of halogens is 2. The number of carbonyl (C=O) groups is 1. The summed E-state index contributed by atoms with van der Waals surface area (Å²) in [5.41, 5.74) is 0.445. The number of amides is 1. The summed E-state index contributed by atoms with van der Waals surface area (Å²) in [6, 6.07) is 8.68. The second kappa shape index (κ2) is 8.28. The van der Waals surface area contributed by atoms with Gasteiger partial charge in [0.2, 0.25) is 0 Å². The van der Waals surface area contributed by atoms with E-state index in [1.807, 2.05) is 13.8 Å². The number of benzene rings is 2. The second-order valence-corrected chi connectivity index (χ2v) is 8.67. The van der Waals surface area contributed by atoms with Crippen LogP contribution in [0.4, 0.5) is 5.69 Å². The number of nitrogens with one attached hydrogen (secondary N) is 2.